The van der Waals surface area contributed by atoms with Crippen molar-refractivity contribution in [2.75, 3.05) is 5.32 Å². The van der Waals surface area contributed by atoms with Crippen LogP contribution in [0.25, 0.3) is 0 Å². The lowest BCUT2D eigenvalue weighted by atomic mass is 10.1. The molecule has 1 atom stereocenters. The van der Waals surface area contributed by atoms with Crippen molar-refractivity contribution in [3.05, 3.63) is 102 Å². The first-order chi connectivity index (χ1) is 13.5. The molecule has 0 bridgehead atoms. The molecule has 28 heavy (non-hydrogen) atoms. The fourth-order valence-corrected chi connectivity index (χ4v) is 2.68. The van der Waals surface area contributed by atoms with E-state index in [-0.39, 0.29) is 5.91 Å². The van der Waals surface area contributed by atoms with E-state index in [0.717, 1.165) is 0 Å². The summed E-state index contributed by atoms with van der Waals surface area (Å²) >= 11 is 0. The predicted octanol–water partition coefficient (Wildman–Crippen LogP) is 2.90. The minimum absolute atomic E-state index is 0.240. The van der Waals surface area contributed by atoms with E-state index in [0.29, 0.717) is 22.4 Å². The van der Waals surface area contributed by atoms with Gasteiger partial charge >= 0.3 is 0 Å². The van der Waals surface area contributed by atoms with Crippen LogP contribution in [0.5, 0.6) is 0 Å². The van der Waals surface area contributed by atoms with Crippen molar-refractivity contribution in [3.8, 4) is 0 Å². The maximum Gasteiger partial charge on any atom is 0.255 e. The van der Waals surface area contributed by atoms with Gasteiger partial charge in [0, 0.05) is 16.8 Å². The summed E-state index contributed by atoms with van der Waals surface area (Å²) in [4.78, 5) is 36.4. The third-order valence-corrected chi connectivity index (χ3v) is 4.13. The van der Waals surface area contributed by atoms with Crippen molar-refractivity contribution in [2.24, 2.45) is 5.73 Å². The molecule has 0 aliphatic carbocycles. The summed E-state index contributed by atoms with van der Waals surface area (Å²) in [6, 6.07) is 23.1. The number of benzene rings is 3. The number of carbonyl (C=O) groups is 3. The number of nitrogens with one attached hydrogen (secondary N) is 2. The lowest BCUT2D eigenvalue weighted by molar-refractivity contribution is -0.120. The monoisotopic (exact) mass is 373 g/mol. The third-order valence-electron chi connectivity index (χ3n) is 4.13. The van der Waals surface area contributed by atoms with Crippen LogP contribution in [0, 0.1) is 0 Å². The topological polar surface area (TPSA) is 101 Å². The second-order valence-corrected chi connectivity index (χ2v) is 6.12. The normalized spacial score (nSPS) is 11.3. The highest BCUT2D eigenvalue weighted by atomic mass is 16.2. The molecule has 6 nitrogen and oxygen atoms in total. The Kier molecular flexibility index (Phi) is 5.81. The van der Waals surface area contributed by atoms with E-state index in [9.17, 15) is 14.4 Å². The first-order valence-corrected chi connectivity index (χ1v) is 8.66. The van der Waals surface area contributed by atoms with E-state index < -0.39 is 17.9 Å². The Hall–Kier alpha value is -3.93. The van der Waals surface area contributed by atoms with Gasteiger partial charge in [0.1, 0.15) is 6.04 Å². The summed E-state index contributed by atoms with van der Waals surface area (Å²) in [6.45, 7) is 0. The number of amides is 3. The Morgan fingerprint density at radius 3 is 1.79 bits per heavy atom. The van der Waals surface area contributed by atoms with Crippen molar-refractivity contribution in [1.29, 1.82) is 0 Å². The van der Waals surface area contributed by atoms with E-state index in [4.69, 9.17) is 5.73 Å². The molecule has 0 saturated heterocycles. The Bertz CT molecular complexity index is 971. The average molecular weight is 373 g/mol. The zero-order chi connectivity index (χ0) is 19.9. The molecule has 0 spiro atoms. The lowest BCUT2D eigenvalue weighted by Crippen LogP contribution is -2.37. The molecular formula is C22H19N3O3. The van der Waals surface area contributed by atoms with Crippen LogP contribution >= 0.6 is 0 Å². The van der Waals surface area contributed by atoms with E-state index in [2.05, 4.69) is 10.6 Å². The summed E-state index contributed by atoms with van der Waals surface area (Å²) in [5.74, 6) is -1.32. The molecule has 0 aliphatic heterocycles. The quantitative estimate of drug-likeness (QED) is 0.619. The van der Waals surface area contributed by atoms with Gasteiger partial charge in [0.2, 0.25) is 5.91 Å². The van der Waals surface area contributed by atoms with Crippen LogP contribution in [0.15, 0.2) is 84.9 Å². The second-order valence-electron chi connectivity index (χ2n) is 6.12. The number of nitrogens with two attached hydrogens (primary N) is 1. The standard InChI is InChI=1S/C22H19N3O3/c23-20(26)19(15-7-3-1-4-8-15)25-22(28)17-11-13-18(14-12-17)24-21(27)16-9-5-2-6-10-16/h1-14,19H,(H2,23,26)(H,24,27)(H,25,28). The molecule has 1 unspecified atom stereocenters. The lowest BCUT2D eigenvalue weighted by Gasteiger charge is -2.16. The summed E-state index contributed by atoms with van der Waals surface area (Å²) in [5.41, 5.74) is 7.48. The van der Waals surface area contributed by atoms with E-state index in [1.807, 2.05) is 12.1 Å². The van der Waals surface area contributed by atoms with Crippen LogP contribution in [0.1, 0.15) is 32.3 Å². The molecular weight excluding hydrogens is 354 g/mol. The molecule has 0 aliphatic rings. The first kappa shape index (κ1) is 18.8. The molecule has 0 saturated carbocycles. The van der Waals surface area contributed by atoms with E-state index in [1.54, 1.807) is 72.8 Å². The fraction of sp³-hybridized carbons (Fsp3) is 0.0455. The highest BCUT2D eigenvalue weighted by Gasteiger charge is 2.20. The molecule has 0 aromatic heterocycles. The van der Waals surface area contributed by atoms with Crippen molar-refractivity contribution in [2.45, 2.75) is 6.04 Å². The molecule has 3 amide bonds. The van der Waals surface area contributed by atoms with Gasteiger partial charge in [-0.2, -0.15) is 0 Å². The number of primary amides is 1. The number of hydrogen-bond acceptors (Lipinski definition) is 3. The average Bonchev–Trinajstić information content (AvgIpc) is 2.73. The number of hydrogen-bond donors (Lipinski definition) is 3. The smallest absolute Gasteiger partial charge is 0.255 e. The number of rotatable bonds is 6. The van der Waals surface area contributed by atoms with Gasteiger partial charge in [0.15, 0.2) is 0 Å². The summed E-state index contributed by atoms with van der Waals surface area (Å²) in [6.07, 6.45) is 0. The number of anilines is 1. The van der Waals surface area contributed by atoms with Gasteiger partial charge in [-0.25, -0.2) is 0 Å². The molecule has 3 aromatic carbocycles. The van der Waals surface area contributed by atoms with Gasteiger partial charge in [-0.3, -0.25) is 14.4 Å². The fourth-order valence-electron chi connectivity index (χ4n) is 2.68. The molecule has 6 heteroatoms. The second kappa shape index (κ2) is 8.64. The van der Waals surface area contributed by atoms with Crippen LogP contribution in [-0.2, 0) is 4.79 Å². The highest BCUT2D eigenvalue weighted by Crippen LogP contribution is 2.15. The zero-order valence-electron chi connectivity index (χ0n) is 15.0. The van der Waals surface area contributed by atoms with Gasteiger partial charge in [-0.1, -0.05) is 48.5 Å². The molecule has 0 heterocycles. The Morgan fingerprint density at radius 2 is 1.21 bits per heavy atom. The molecule has 140 valence electrons. The van der Waals surface area contributed by atoms with E-state index >= 15 is 0 Å². The van der Waals surface area contributed by atoms with Crippen LogP contribution in [0.3, 0.4) is 0 Å². The van der Waals surface area contributed by atoms with Crippen LogP contribution in [0.4, 0.5) is 5.69 Å². The van der Waals surface area contributed by atoms with Gasteiger partial charge in [0.05, 0.1) is 0 Å². The Morgan fingerprint density at radius 1 is 0.679 bits per heavy atom. The minimum Gasteiger partial charge on any atom is -0.368 e. The van der Waals surface area contributed by atoms with Crippen molar-refractivity contribution in [1.82, 2.24) is 5.32 Å². The Balaban J connectivity index is 1.68. The van der Waals surface area contributed by atoms with Gasteiger partial charge < -0.3 is 16.4 Å². The predicted molar refractivity (Wildman–Crippen MR) is 107 cm³/mol. The first-order valence-electron chi connectivity index (χ1n) is 8.66. The summed E-state index contributed by atoms with van der Waals surface area (Å²) in [5, 5.41) is 5.40. The van der Waals surface area contributed by atoms with Crippen LogP contribution < -0.4 is 16.4 Å². The highest BCUT2D eigenvalue weighted by molar-refractivity contribution is 6.04. The van der Waals surface area contributed by atoms with Crippen molar-refractivity contribution >= 4 is 23.4 Å². The largest absolute Gasteiger partial charge is 0.368 e. The van der Waals surface area contributed by atoms with Crippen LogP contribution in [0.2, 0.25) is 0 Å². The minimum atomic E-state index is -0.925. The van der Waals surface area contributed by atoms with Crippen LogP contribution in [-0.4, -0.2) is 17.7 Å². The third kappa shape index (κ3) is 4.62. The van der Waals surface area contributed by atoms with Gasteiger partial charge in [-0.15, -0.1) is 0 Å². The van der Waals surface area contributed by atoms with Gasteiger partial charge in [0.25, 0.3) is 11.8 Å². The maximum atomic E-state index is 12.5. The molecule has 0 radical (unpaired) electrons. The maximum absolute atomic E-state index is 12.5. The van der Waals surface area contributed by atoms with Gasteiger partial charge in [-0.05, 0) is 42.0 Å². The Labute approximate surface area is 162 Å². The molecule has 0 fully saturated rings. The molecule has 3 aromatic rings. The zero-order valence-corrected chi connectivity index (χ0v) is 15.0. The number of carbonyl (C=O) groups excluding carboxylic acids is 3. The molecule has 4 N–H and O–H groups in total. The van der Waals surface area contributed by atoms with Crippen molar-refractivity contribution in [3.63, 3.8) is 0 Å². The van der Waals surface area contributed by atoms with E-state index in [1.165, 1.54) is 0 Å². The summed E-state index contributed by atoms with van der Waals surface area (Å²) in [7, 11) is 0. The summed E-state index contributed by atoms with van der Waals surface area (Å²) < 4.78 is 0. The SMILES string of the molecule is NC(=O)C(NC(=O)c1ccc(NC(=O)c2ccccc2)cc1)c1ccccc1. The molecule has 3 rings (SSSR count). The van der Waals surface area contributed by atoms with Crippen molar-refractivity contribution < 1.29 is 14.4 Å².